The Hall–Kier alpha value is -2.94. The Bertz CT molecular complexity index is 1430. The lowest BCUT2D eigenvalue weighted by Crippen LogP contribution is -2.66. The fourth-order valence-corrected chi connectivity index (χ4v) is 7.08. The summed E-state index contributed by atoms with van der Waals surface area (Å²) in [6.45, 7) is 1.93. The standard InChI is InChI=1S/C28H35Cl2N5O6S2/c29-13-16-34(17-14-30)22-8-10-23(11-9-22)41-43(39,40)26(24-12-18-42-28(24)35(37)38)19-20-4-6-21(7-5-20)33-27(36)25(32)3-1-2-15-31/h4-12,18,25-26H,1-3,13-17,19,31-32H2,(H,33,36)/p+2/t25-,26?/m0/s1. The number of halogens is 2. The van der Waals surface area contributed by atoms with Crippen LogP contribution in [0.3, 0.4) is 0 Å². The Kier molecular flexibility index (Phi) is 13.5. The molecule has 15 heteroatoms. The maximum absolute atomic E-state index is 13.6. The van der Waals surface area contributed by atoms with E-state index in [2.05, 4.69) is 16.8 Å². The molecule has 1 unspecified atom stereocenters. The summed E-state index contributed by atoms with van der Waals surface area (Å²) < 4.78 is 32.8. The van der Waals surface area contributed by atoms with Crippen molar-refractivity contribution in [3.05, 3.63) is 81.2 Å². The molecule has 11 nitrogen and oxygen atoms in total. The molecule has 2 aromatic carbocycles. The van der Waals surface area contributed by atoms with Crippen LogP contribution in [0, 0.1) is 10.1 Å². The van der Waals surface area contributed by atoms with E-state index < -0.39 is 26.3 Å². The van der Waals surface area contributed by atoms with Crippen LogP contribution in [-0.2, 0) is 21.3 Å². The molecule has 1 aromatic heterocycles. The molecule has 0 aliphatic carbocycles. The zero-order valence-electron chi connectivity index (χ0n) is 23.6. The predicted octanol–water partition coefficient (Wildman–Crippen LogP) is 3.59. The Morgan fingerprint density at radius 3 is 2.28 bits per heavy atom. The van der Waals surface area contributed by atoms with E-state index >= 15 is 0 Å². The summed E-state index contributed by atoms with van der Waals surface area (Å²) in [5.74, 6) is 0.648. The van der Waals surface area contributed by atoms with E-state index in [4.69, 9.17) is 27.4 Å². The number of hydrogen-bond acceptors (Lipinski definition) is 8. The molecule has 0 radical (unpaired) electrons. The minimum absolute atomic E-state index is 0.0431. The summed E-state index contributed by atoms with van der Waals surface area (Å²) in [7, 11) is -4.39. The second kappa shape index (κ2) is 16.8. The highest BCUT2D eigenvalue weighted by Gasteiger charge is 2.36. The summed E-state index contributed by atoms with van der Waals surface area (Å²) in [5.41, 5.74) is 9.69. The molecule has 0 aliphatic rings. The second-order valence-electron chi connectivity index (χ2n) is 9.80. The van der Waals surface area contributed by atoms with Crippen molar-refractivity contribution in [3.63, 3.8) is 0 Å². The van der Waals surface area contributed by atoms with Gasteiger partial charge in [-0.25, -0.2) is 0 Å². The average Bonchev–Trinajstić information content (AvgIpc) is 3.47. The number of unbranched alkanes of at least 4 members (excludes halogenated alkanes) is 1. The van der Waals surface area contributed by atoms with Gasteiger partial charge in [0.1, 0.15) is 11.0 Å². The first-order chi connectivity index (χ1) is 20.6. The van der Waals surface area contributed by atoms with E-state index in [1.165, 1.54) is 23.6 Å². The van der Waals surface area contributed by atoms with Crippen molar-refractivity contribution in [2.75, 3.05) is 41.6 Å². The minimum atomic E-state index is -4.39. The summed E-state index contributed by atoms with van der Waals surface area (Å²) in [6.07, 6.45) is 2.35. The SMILES string of the molecule is [NH3+]CCCC[C@H]([NH3+])C(=O)Nc1ccc(CC(c2ccsc2[N+](=O)[O-])S(=O)(=O)Oc2ccc(N(CCCl)CCCl)cc2)cc1. The number of carbonyl (C=O) groups is 1. The maximum Gasteiger partial charge on any atom is 0.328 e. The monoisotopic (exact) mass is 673 g/mol. The van der Waals surface area contributed by atoms with Crippen molar-refractivity contribution < 1.29 is 33.8 Å². The molecule has 1 heterocycles. The number of benzene rings is 2. The molecule has 0 fully saturated rings. The van der Waals surface area contributed by atoms with E-state index in [-0.39, 0.29) is 28.6 Å². The van der Waals surface area contributed by atoms with Gasteiger partial charge in [-0.15, -0.1) is 23.2 Å². The number of anilines is 2. The largest absolute Gasteiger partial charge is 0.382 e. The highest BCUT2D eigenvalue weighted by atomic mass is 35.5. The Morgan fingerprint density at radius 2 is 1.70 bits per heavy atom. The molecule has 1 amide bonds. The van der Waals surface area contributed by atoms with Gasteiger partial charge in [0.05, 0.1) is 17.0 Å². The van der Waals surface area contributed by atoms with Gasteiger partial charge >= 0.3 is 15.1 Å². The Labute approximate surface area is 265 Å². The predicted molar refractivity (Wildman–Crippen MR) is 170 cm³/mol. The molecule has 3 rings (SSSR count). The van der Waals surface area contributed by atoms with Crippen molar-refractivity contribution in [3.8, 4) is 5.75 Å². The first-order valence-electron chi connectivity index (χ1n) is 13.7. The Morgan fingerprint density at radius 1 is 1.05 bits per heavy atom. The minimum Gasteiger partial charge on any atom is -0.382 e. The lowest BCUT2D eigenvalue weighted by molar-refractivity contribution is -0.405. The molecule has 0 bridgehead atoms. The second-order valence-corrected chi connectivity index (χ2v) is 13.2. The number of thiophene rings is 1. The van der Waals surface area contributed by atoms with Crippen molar-refractivity contribution in [1.29, 1.82) is 0 Å². The van der Waals surface area contributed by atoms with Crippen LogP contribution in [0.25, 0.3) is 0 Å². The first-order valence-corrected chi connectivity index (χ1v) is 17.2. The molecular weight excluding hydrogens is 637 g/mol. The number of nitrogens with zero attached hydrogens (tertiary/aromatic N) is 2. The van der Waals surface area contributed by atoms with E-state index in [9.17, 15) is 23.3 Å². The first kappa shape index (κ1) is 34.5. The van der Waals surface area contributed by atoms with Gasteiger partial charge in [0.15, 0.2) is 6.04 Å². The molecule has 43 heavy (non-hydrogen) atoms. The molecule has 3 aromatic rings. The fourth-order valence-electron chi connectivity index (χ4n) is 4.43. The maximum atomic E-state index is 13.6. The van der Waals surface area contributed by atoms with Crippen molar-refractivity contribution in [2.45, 2.75) is 37.0 Å². The van der Waals surface area contributed by atoms with Crippen LogP contribution in [0.2, 0.25) is 0 Å². The van der Waals surface area contributed by atoms with Crippen molar-refractivity contribution in [1.82, 2.24) is 0 Å². The van der Waals surface area contributed by atoms with Crippen LogP contribution in [0.5, 0.6) is 5.75 Å². The summed E-state index contributed by atoms with van der Waals surface area (Å²) in [5, 5.41) is 14.4. The van der Waals surface area contributed by atoms with E-state index in [0.717, 1.165) is 36.4 Å². The topological polar surface area (TPSA) is 174 Å². The van der Waals surface area contributed by atoms with Crippen LogP contribution in [0.4, 0.5) is 16.4 Å². The molecule has 0 saturated carbocycles. The van der Waals surface area contributed by atoms with Gasteiger partial charge in [-0.3, -0.25) is 14.9 Å². The lowest BCUT2D eigenvalue weighted by Gasteiger charge is -2.23. The van der Waals surface area contributed by atoms with Gasteiger partial charge in [0.25, 0.3) is 5.91 Å². The number of nitrogens with one attached hydrogen (secondary N) is 1. The number of hydrogen-bond donors (Lipinski definition) is 3. The number of amides is 1. The molecule has 0 spiro atoms. The molecule has 7 N–H and O–H groups in total. The Balaban J connectivity index is 1.81. The third kappa shape index (κ3) is 10.1. The molecular formula is C28H37Cl2N5O6S2+2. The van der Waals surface area contributed by atoms with E-state index in [0.29, 0.717) is 42.5 Å². The quantitative estimate of drug-likeness (QED) is 0.0608. The summed E-state index contributed by atoms with van der Waals surface area (Å²) in [4.78, 5) is 25.6. The molecule has 0 aliphatic heterocycles. The van der Waals surface area contributed by atoms with Gasteiger partial charge in [0, 0.05) is 42.6 Å². The average molecular weight is 675 g/mol. The van der Waals surface area contributed by atoms with Crippen LogP contribution < -0.4 is 25.9 Å². The number of rotatable bonds is 18. The molecule has 2 atom stereocenters. The summed E-state index contributed by atoms with van der Waals surface area (Å²) >= 11 is 12.6. The highest BCUT2D eigenvalue weighted by molar-refractivity contribution is 7.87. The van der Waals surface area contributed by atoms with Gasteiger partial charge < -0.3 is 25.9 Å². The van der Waals surface area contributed by atoms with E-state index in [1.54, 1.807) is 36.4 Å². The molecule has 234 valence electrons. The number of nitro groups is 1. The van der Waals surface area contributed by atoms with Crippen molar-refractivity contribution >= 4 is 66.9 Å². The van der Waals surface area contributed by atoms with Gasteiger partial charge in [-0.1, -0.05) is 23.5 Å². The number of alkyl halides is 2. The van der Waals surface area contributed by atoms with Crippen LogP contribution >= 0.6 is 34.5 Å². The van der Waals surface area contributed by atoms with Crippen LogP contribution in [-0.4, -0.2) is 56.7 Å². The van der Waals surface area contributed by atoms with E-state index in [1.807, 2.05) is 4.90 Å². The summed E-state index contributed by atoms with van der Waals surface area (Å²) in [6, 6.07) is 14.2. The lowest BCUT2D eigenvalue weighted by atomic mass is 10.0. The smallest absolute Gasteiger partial charge is 0.328 e. The van der Waals surface area contributed by atoms with Gasteiger partial charge in [-0.05, 0) is 72.7 Å². The zero-order valence-corrected chi connectivity index (χ0v) is 26.8. The highest BCUT2D eigenvalue weighted by Crippen LogP contribution is 2.38. The third-order valence-electron chi connectivity index (χ3n) is 6.72. The van der Waals surface area contributed by atoms with Gasteiger partial charge in [-0.2, -0.15) is 8.42 Å². The molecule has 0 saturated heterocycles. The van der Waals surface area contributed by atoms with Crippen molar-refractivity contribution in [2.24, 2.45) is 0 Å². The van der Waals surface area contributed by atoms with Crippen LogP contribution in [0.1, 0.15) is 35.6 Å². The normalized spacial score (nSPS) is 12.8. The zero-order chi connectivity index (χ0) is 31.4. The number of quaternary nitrogens is 2. The number of carbonyl (C=O) groups excluding carboxylic acids is 1. The third-order valence-corrected chi connectivity index (χ3v) is 9.48. The van der Waals surface area contributed by atoms with Crippen LogP contribution in [0.15, 0.2) is 60.0 Å². The van der Waals surface area contributed by atoms with Gasteiger partial charge in [0.2, 0.25) is 0 Å². The fraction of sp³-hybridized carbons (Fsp3) is 0.393.